The molecule has 0 unspecified atom stereocenters. The fourth-order valence-corrected chi connectivity index (χ4v) is 2.48. The number of anilines is 1. The third kappa shape index (κ3) is 3.77. The number of alkyl halides is 3. The van der Waals surface area contributed by atoms with Crippen molar-refractivity contribution in [2.45, 2.75) is 24.4 Å². The number of aromatic nitrogens is 2. The van der Waals surface area contributed by atoms with Crippen LogP contribution in [0.25, 0.3) is 0 Å². The molecule has 0 aliphatic carbocycles. The summed E-state index contributed by atoms with van der Waals surface area (Å²) >= 11 is 0. The highest BCUT2D eigenvalue weighted by Crippen LogP contribution is 2.26. The van der Waals surface area contributed by atoms with Crippen LogP contribution in [-0.2, 0) is 10.1 Å². The zero-order valence-electron chi connectivity index (χ0n) is 11.7. The van der Waals surface area contributed by atoms with Gasteiger partial charge in [-0.1, -0.05) is 0 Å². The third-order valence-corrected chi connectivity index (χ3v) is 4.22. The normalized spacial score (nSPS) is 17.3. The van der Waals surface area contributed by atoms with E-state index in [2.05, 4.69) is 19.5 Å². The van der Waals surface area contributed by atoms with E-state index in [1.165, 1.54) is 0 Å². The molecular weight excluding hydrogens is 325 g/mol. The minimum absolute atomic E-state index is 0.113. The van der Waals surface area contributed by atoms with Gasteiger partial charge in [-0.05, 0) is 25.9 Å². The Balaban J connectivity index is 2.16. The quantitative estimate of drug-likeness (QED) is 0.644. The molecule has 7 nitrogen and oxygen atoms in total. The highest BCUT2D eigenvalue weighted by Gasteiger charge is 2.48. The summed E-state index contributed by atoms with van der Waals surface area (Å²) in [6.07, 6.45) is 2.80. The molecule has 0 aromatic carbocycles. The van der Waals surface area contributed by atoms with Gasteiger partial charge in [0.05, 0.1) is 0 Å². The average molecular weight is 340 g/mol. The molecule has 1 fully saturated rings. The summed E-state index contributed by atoms with van der Waals surface area (Å²) in [5, 5.41) is 3.18. The van der Waals surface area contributed by atoms with Crippen molar-refractivity contribution in [3.63, 3.8) is 0 Å². The minimum Gasteiger partial charge on any atom is -0.355 e. The van der Waals surface area contributed by atoms with Crippen molar-refractivity contribution < 1.29 is 25.8 Å². The van der Waals surface area contributed by atoms with Gasteiger partial charge in [0, 0.05) is 25.4 Å². The molecule has 1 aliphatic rings. The zero-order chi connectivity index (χ0) is 16.4. The SMILES string of the molecule is CN(c1nccc(OS(=O)(=O)C(F)(F)F)n1)C1CCNCC1. The van der Waals surface area contributed by atoms with Crippen LogP contribution >= 0.6 is 0 Å². The van der Waals surface area contributed by atoms with Gasteiger partial charge in [0.15, 0.2) is 0 Å². The van der Waals surface area contributed by atoms with Gasteiger partial charge in [-0.3, -0.25) is 0 Å². The van der Waals surface area contributed by atoms with Crippen LogP contribution in [0.5, 0.6) is 5.88 Å². The first-order chi connectivity index (χ1) is 10.2. The molecule has 124 valence electrons. The summed E-state index contributed by atoms with van der Waals surface area (Å²) < 4.78 is 62.8. The number of piperidine rings is 1. The van der Waals surface area contributed by atoms with Crippen LogP contribution in [0.15, 0.2) is 12.3 Å². The predicted octanol–water partition coefficient (Wildman–Crippen LogP) is 0.893. The van der Waals surface area contributed by atoms with Crippen molar-refractivity contribution >= 4 is 16.1 Å². The van der Waals surface area contributed by atoms with Crippen molar-refractivity contribution in [2.24, 2.45) is 0 Å². The molecule has 0 bridgehead atoms. The molecular formula is C11H15F3N4O3S. The highest BCUT2D eigenvalue weighted by molar-refractivity contribution is 7.87. The molecule has 1 aromatic rings. The predicted molar refractivity (Wildman–Crippen MR) is 71.9 cm³/mol. The Bertz CT molecular complexity index is 617. The second-order valence-corrected chi connectivity index (χ2v) is 6.31. The number of hydrogen-bond donors (Lipinski definition) is 1. The maximum absolute atomic E-state index is 12.3. The fourth-order valence-electron chi connectivity index (χ4n) is 2.07. The van der Waals surface area contributed by atoms with Crippen LogP contribution in [-0.4, -0.2) is 50.1 Å². The van der Waals surface area contributed by atoms with Gasteiger partial charge in [-0.2, -0.15) is 26.6 Å². The standard InChI is InChI=1S/C11H15F3N4O3S/c1-18(8-2-5-15-6-3-8)10-16-7-4-9(17-10)21-22(19,20)11(12,13)14/h4,7-8,15H,2-3,5-6H2,1H3. The van der Waals surface area contributed by atoms with Crippen LogP contribution in [0, 0.1) is 0 Å². The molecule has 2 rings (SSSR count). The topological polar surface area (TPSA) is 84.4 Å². The summed E-state index contributed by atoms with van der Waals surface area (Å²) in [5.74, 6) is -0.551. The molecule has 1 aromatic heterocycles. The maximum Gasteiger partial charge on any atom is 0.534 e. The number of halogens is 3. The Morgan fingerprint density at radius 3 is 2.59 bits per heavy atom. The molecule has 1 N–H and O–H groups in total. The van der Waals surface area contributed by atoms with Crippen molar-refractivity contribution in [2.75, 3.05) is 25.0 Å². The molecule has 2 heterocycles. The molecule has 11 heteroatoms. The summed E-state index contributed by atoms with van der Waals surface area (Å²) in [6, 6.07) is 1.08. The van der Waals surface area contributed by atoms with E-state index in [1.807, 2.05) is 0 Å². The van der Waals surface area contributed by atoms with Crippen molar-refractivity contribution in [3.8, 4) is 5.88 Å². The Morgan fingerprint density at radius 2 is 2.00 bits per heavy atom. The van der Waals surface area contributed by atoms with Gasteiger partial charge in [0.25, 0.3) is 0 Å². The number of rotatable bonds is 4. The molecule has 0 amide bonds. The van der Waals surface area contributed by atoms with E-state index < -0.39 is 21.5 Å². The number of nitrogens with zero attached hydrogens (tertiary/aromatic N) is 3. The van der Waals surface area contributed by atoms with Gasteiger partial charge in [-0.15, -0.1) is 0 Å². The molecule has 22 heavy (non-hydrogen) atoms. The van der Waals surface area contributed by atoms with Gasteiger partial charge in [-0.25, -0.2) is 4.98 Å². The first-order valence-electron chi connectivity index (χ1n) is 6.48. The summed E-state index contributed by atoms with van der Waals surface area (Å²) in [5.41, 5.74) is -5.50. The summed E-state index contributed by atoms with van der Waals surface area (Å²) in [4.78, 5) is 9.39. The Morgan fingerprint density at radius 1 is 1.36 bits per heavy atom. The van der Waals surface area contributed by atoms with Crippen LogP contribution < -0.4 is 14.4 Å². The highest BCUT2D eigenvalue weighted by atomic mass is 32.2. The van der Waals surface area contributed by atoms with E-state index in [0.717, 1.165) is 38.2 Å². The van der Waals surface area contributed by atoms with Gasteiger partial charge in [0.1, 0.15) is 0 Å². The molecule has 0 saturated carbocycles. The van der Waals surface area contributed by atoms with E-state index in [1.54, 1.807) is 11.9 Å². The lowest BCUT2D eigenvalue weighted by atomic mass is 10.1. The molecule has 0 atom stereocenters. The largest absolute Gasteiger partial charge is 0.534 e. The van der Waals surface area contributed by atoms with Crippen molar-refractivity contribution in [1.82, 2.24) is 15.3 Å². The third-order valence-electron chi connectivity index (χ3n) is 3.27. The first kappa shape index (κ1) is 16.7. The van der Waals surface area contributed by atoms with Crippen LogP contribution in [0.1, 0.15) is 12.8 Å². The lowest BCUT2D eigenvalue weighted by molar-refractivity contribution is -0.0501. The molecule has 1 aliphatic heterocycles. The van der Waals surface area contributed by atoms with E-state index in [-0.39, 0.29) is 12.0 Å². The van der Waals surface area contributed by atoms with E-state index in [0.29, 0.717) is 0 Å². The van der Waals surface area contributed by atoms with Crippen molar-refractivity contribution in [3.05, 3.63) is 12.3 Å². The molecule has 0 spiro atoms. The Kier molecular flexibility index (Phi) is 4.75. The molecule has 0 radical (unpaired) electrons. The van der Waals surface area contributed by atoms with E-state index in [9.17, 15) is 21.6 Å². The first-order valence-corrected chi connectivity index (χ1v) is 7.89. The maximum atomic E-state index is 12.3. The number of hydrogen-bond acceptors (Lipinski definition) is 7. The second-order valence-electron chi connectivity index (χ2n) is 4.77. The smallest absolute Gasteiger partial charge is 0.355 e. The summed E-state index contributed by atoms with van der Waals surface area (Å²) in [7, 11) is -4.04. The van der Waals surface area contributed by atoms with Gasteiger partial charge < -0.3 is 14.4 Å². The Labute approximate surface area is 125 Å². The van der Waals surface area contributed by atoms with Crippen molar-refractivity contribution in [1.29, 1.82) is 0 Å². The minimum atomic E-state index is -5.74. The van der Waals surface area contributed by atoms with E-state index >= 15 is 0 Å². The monoisotopic (exact) mass is 340 g/mol. The van der Waals surface area contributed by atoms with E-state index in [4.69, 9.17) is 0 Å². The lowest BCUT2D eigenvalue weighted by Gasteiger charge is -2.31. The lowest BCUT2D eigenvalue weighted by Crippen LogP contribution is -2.41. The van der Waals surface area contributed by atoms with Crippen LogP contribution in [0.4, 0.5) is 19.1 Å². The van der Waals surface area contributed by atoms with Gasteiger partial charge in [0.2, 0.25) is 11.8 Å². The Hall–Kier alpha value is -1.62. The fraction of sp³-hybridized carbons (Fsp3) is 0.636. The average Bonchev–Trinajstić information content (AvgIpc) is 2.46. The second kappa shape index (κ2) is 6.24. The number of nitrogens with one attached hydrogen (secondary N) is 1. The van der Waals surface area contributed by atoms with Gasteiger partial charge >= 0.3 is 15.6 Å². The van der Waals surface area contributed by atoms with Crippen LogP contribution in [0.3, 0.4) is 0 Å². The zero-order valence-corrected chi connectivity index (χ0v) is 12.5. The summed E-state index contributed by atoms with van der Waals surface area (Å²) in [6.45, 7) is 1.63. The molecule has 1 saturated heterocycles. The van der Waals surface area contributed by atoms with Crippen LogP contribution in [0.2, 0.25) is 0 Å².